The molecule has 7 nitrogen and oxygen atoms in total. The highest BCUT2D eigenvalue weighted by atomic mass is 16.6. The Morgan fingerprint density at radius 1 is 1.04 bits per heavy atom. The second-order valence-electron chi connectivity index (χ2n) is 6.28. The van der Waals surface area contributed by atoms with Crippen LogP contribution in [0, 0.1) is 0 Å². The third-order valence-electron chi connectivity index (χ3n) is 4.56. The second-order valence-corrected chi connectivity index (χ2v) is 6.28. The van der Waals surface area contributed by atoms with Gasteiger partial charge in [-0.3, -0.25) is 4.79 Å². The highest BCUT2D eigenvalue weighted by Crippen LogP contribution is 2.36. The van der Waals surface area contributed by atoms with Crippen LogP contribution in [0.4, 0.5) is 0 Å². The van der Waals surface area contributed by atoms with Gasteiger partial charge in [-0.25, -0.2) is 0 Å². The number of amides is 1. The third-order valence-corrected chi connectivity index (χ3v) is 4.56. The molecule has 0 aliphatic carbocycles. The number of ether oxygens (including phenoxy) is 5. The molecule has 1 aliphatic rings. The van der Waals surface area contributed by atoms with E-state index >= 15 is 0 Å². The zero-order valence-corrected chi connectivity index (χ0v) is 16.3. The van der Waals surface area contributed by atoms with Crippen molar-refractivity contribution in [2.24, 2.45) is 0 Å². The molecule has 1 aliphatic heterocycles. The highest BCUT2D eigenvalue weighted by Gasteiger charge is 2.26. The molecule has 2 aromatic carbocycles. The smallest absolute Gasteiger partial charge is 0.254 e. The van der Waals surface area contributed by atoms with Gasteiger partial charge in [0, 0.05) is 12.1 Å². The molecule has 0 saturated carbocycles. The average molecular weight is 387 g/mol. The van der Waals surface area contributed by atoms with Crippen LogP contribution in [0.5, 0.6) is 23.0 Å². The van der Waals surface area contributed by atoms with E-state index in [1.54, 1.807) is 62.6 Å². The van der Waals surface area contributed by atoms with Crippen LogP contribution >= 0.6 is 0 Å². The van der Waals surface area contributed by atoms with Gasteiger partial charge in [0.15, 0.2) is 11.5 Å². The van der Waals surface area contributed by atoms with Crippen molar-refractivity contribution in [1.82, 2.24) is 4.90 Å². The standard InChI is InChI=1S/C21H25NO6/c1-24-16-9-7-15(8-10-16)21(23)22-11-12-27-17(13-22)14-28-20-18(25-2)5-4-6-19(20)26-3/h4-10,17H,11-14H2,1-3H3/t17-/m0/s1. The van der Waals surface area contributed by atoms with Gasteiger partial charge in [0.25, 0.3) is 5.91 Å². The molecule has 0 bridgehead atoms. The predicted octanol–water partition coefficient (Wildman–Crippen LogP) is 2.63. The quantitative estimate of drug-likeness (QED) is 0.728. The van der Waals surface area contributed by atoms with Gasteiger partial charge in [0.1, 0.15) is 18.5 Å². The molecule has 1 saturated heterocycles. The first-order valence-corrected chi connectivity index (χ1v) is 9.05. The van der Waals surface area contributed by atoms with E-state index in [0.29, 0.717) is 42.5 Å². The molecule has 0 radical (unpaired) electrons. The van der Waals surface area contributed by atoms with E-state index in [1.165, 1.54) is 0 Å². The molecule has 150 valence electrons. The summed E-state index contributed by atoms with van der Waals surface area (Å²) in [5, 5.41) is 0. The van der Waals surface area contributed by atoms with Gasteiger partial charge >= 0.3 is 0 Å². The Morgan fingerprint density at radius 2 is 1.71 bits per heavy atom. The van der Waals surface area contributed by atoms with Crippen LogP contribution in [-0.2, 0) is 4.74 Å². The Labute approximate surface area is 164 Å². The van der Waals surface area contributed by atoms with Crippen LogP contribution in [0.3, 0.4) is 0 Å². The Hall–Kier alpha value is -2.93. The van der Waals surface area contributed by atoms with Gasteiger partial charge in [-0.15, -0.1) is 0 Å². The van der Waals surface area contributed by atoms with Crippen LogP contribution in [0.2, 0.25) is 0 Å². The van der Waals surface area contributed by atoms with Crippen LogP contribution in [0.1, 0.15) is 10.4 Å². The van der Waals surface area contributed by atoms with Crippen LogP contribution < -0.4 is 18.9 Å². The number of methoxy groups -OCH3 is 3. The van der Waals surface area contributed by atoms with E-state index in [-0.39, 0.29) is 18.6 Å². The maximum atomic E-state index is 12.8. The largest absolute Gasteiger partial charge is 0.497 e. The number of carbonyl (C=O) groups is 1. The van der Waals surface area contributed by atoms with E-state index in [0.717, 1.165) is 5.75 Å². The minimum atomic E-state index is -0.245. The number of carbonyl (C=O) groups excluding carboxylic acids is 1. The van der Waals surface area contributed by atoms with Gasteiger partial charge in [-0.1, -0.05) is 6.07 Å². The van der Waals surface area contributed by atoms with Crippen molar-refractivity contribution in [3.8, 4) is 23.0 Å². The lowest BCUT2D eigenvalue weighted by molar-refractivity contribution is -0.0406. The third kappa shape index (κ3) is 4.48. The number of hydrogen-bond donors (Lipinski definition) is 0. The number of nitrogens with zero attached hydrogens (tertiary/aromatic N) is 1. The molecule has 1 atom stereocenters. The summed E-state index contributed by atoms with van der Waals surface area (Å²) in [5.41, 5.74) is 0.619. The summed E-state index contributed by atoms with van der Waals surface area (Å²) >= 11 is 0. The zero-order valence-electron chi connectivity index (χ0n) is 16.3. The fourth-order valence-electron chi connectivity index (χ4n) is 3.06. The number of rotatable bonds is 7. The number of hydrogen-bond acceptors (Lipinski definition) is 6. The molecule has 0 spiro atoms. The summed E-state index contributed by atoms with van der Waals surface area (Å²) in [6.45, 7) is 1.73. The van der Waals surface area contributed by atoms with Gasteiger partial charge in [-0.2, -0.15) is 0 Å². The average Bonchev–Trinajstić information content (AvgIpc) is 2.77. The van der Waals surface area contributed by atoms with Gasteiger partial charge in [0.05, 0.1) is 34.5 Å². The van der Waals surface area contributed by atoms with Gasteiger partial charge < -0.3 is 28.6 Å². The molecule has 0 N–H and O–H groups in total. The van der Waals surface area contributed by atoms with Crippen molar-refractivity contribution in [3.05, 3.63) is 48.0 Å². The Morgan fingerprint density at radius 3 is 2.32 bits per heavy atom. The topological polar surface area (TPSA) is 66.5 Å². The van der Waals surface area contributed by atoms with Crippen LogP contribution in [0.25, 0.3) is 0 Å². The lowest BCUT2D eigenvalue weighted by Gasteiger charge is -2.33. The lowest BCUT2D eigenvalue weighted by Crippen LogP contribution is -2.47. The maximum Gasteiger partial charge on any atom is 0.254 e. The summed E-state index contributed by atoms with van der Waals surface area (Å²) in [5.74, 6) is 2.37. The van der Waals surface area contributed by atoms with E-state index in [1.807, 2.05) is 6.07 Å². The SMILES string of the molecule is COc1ccc(C(=O)N2CCO[C@H](COc3c(OC)cccc3OC)C2)cc1. The molecule has 1 amide bonds. The second kappa shape index (κ2) is 9.32. The van der Waals surface area contributed by atoms with E-state index in [4.69, 9.17) is 23.7 Å². The Balaban J connectivity index is 1.63. The monoisotopic (exact) mass is 387 g/mol. The lowest BCUT2D eigenvalue weighted by atomic mass is 10.1. The first-order valence-electron chi connectivity index (χ1n) is 9.05. The molecule has 2 aromatic rings. The first-order chi connectivity index (χ1) is 13.7. The molecule has 1 fully saturated rings. The first kappa shape index (κ1) is 19.8. The predicted molar refractivity (Wildman–Crippen MR) is 104 cm³/mol. The van der Waals surface area contributed by atoms with Crippen molar-refractivity contribution < 1.29 is 28.5 Å². The molecule has 7 heteroatoms. The molecule has 1 heterocycles. The van der Waals surface area contributed by atoms with Crippen molar-refractivity contribution in [1.29, 1.82) is 0 Å². The van der Waals surface area contributed by atoms with Crippen molar-refractivity contribution in [2.75, 3.05) is 47.6 Å². The maximum absolute atomic E-state index is 12.8. The van der Waals surface area contributed by atoms with Gasteiger partial charge in [0.2, 0.25) is 5.75 Å². The van der Waals surface area contributed by atoms with Crippen LogP contribution in [0.15, 0.2) is 42.5 Å². The zero-order chi connectivity index (χ0) is 19.9. The normalized spacial score (nSPS) is 16.4. The van der Waals surface area contributed by atoms with E-state index < -0.39 is 0 Å². The van der Waals surface area contributed by atoms with E-state index in [9.17, 15) is 4.79 Å². The summed E-state index contributed by atoms with van der Waals surface area (Å²) in [6, 6.07) is 12.5. The number of morpholine rings is 1. The molecule has 0 unspecified atom stereocenters. The summed E-state index contributed by atoms with van der Waals surface area (Å²) in [7, 11) is 4.75. The van der Waals surface area contributed by atoms with Gasteiger partial charge in [-0.05, 0) is 36.4 Å². The molecule has 3 rings (SSSR count). The van der Waals surface area contributed by atoms with Crippen molar-refractivity contribution in [3.63, 3.8) is 0 Å². The number of para-hydroxylation sites is 1. The van der Waals surface area contributed by atoms with Crippen LogP contribution in [-0.4, -0.2) is 64.5 Å². The molecule has 28 heavy (non-hydrogen) atoms. The minimum absolute atomic E-state index is 0.0363. The molecular weight excluding hydrogens is 362 g/mol. The van der Waals surface area contributed by atoms with Crippen molar-refractivity contribution >= 4 is 5.91 Å². The highest BCUT2D eigenvalue weighted by molar-refractivity contribution is 5.94. The van der Waals surface area contributed by atoms with E-state index in [2.05, 4.69) is 0 Å². The molecule has 0 aromatic heterocycles. The minimum Gasteiger partial charge on any atom is -0.497 e. The fourth-order valence-corrected chi connectivity index (χ4v) is 3.06. The summed E-state index contributed by atoms with van der Waals surface area (Å²) < 4.78 is 27.5. The fraction of sp³-hybridized carbons (Fsp3) is 0.381. The summed E-state index contributed by atoms with van der Waals surface area (Å²) in [4.78, 5) is 14.5. The Bertz CT molecular complexity index is 770. The van der Waals surface area contributed by atoms with Crippen molar-refractivity contribution in [2.45, 2.75) is 6.10 Å². The number of benzene rings is 2. The summed E-state index contributed by atoms with van der Waals surface area (Å²) in [6.07, 6.45) is -0.245. The molecular formula is C21H25NO6. The Kier molecular flexibility index (Phi) is 6.60.